The first-order chi connectivity index (χ1) is 9.47. The van der Waals surface area contributed by atoms with Crippen LogP contribution in [0.4, 0.5) is 0 Å². The van der Waals surface area contributed by atoms with Crippen molar-refractivity contribution in [3.8, 4) is 5.75 Å². The number of nitrogens with two attached hydrogens (primary N) is 1. The van der Waals surface area contributed by atoms with E-state index < -0.39 is 0 Å². The average molecular weight is 275 g/mol. The monoisotopic (exact) mass is 275 g/mol. The number of rotatable bonds is 3. The highest BCUT2D eigenvalue weighted by Crippen LogP contribution is 2.48. The summed E-state index contributed by atoms with van der Waals surface area (Å²) in [6, 6.07) is 8.46. The maximum absolute atomic E-state index is 6.04. The van der Waals surface area contributed by atoms with Crippen LogP contribution in [-0.2, 0) is 0 Å². The highest BCUT2D eigenvalue weighted by molar-refractivity contribution is 5.37. The second kappa shape index (κ2) is 6.17. The second-order valence-corrected chi connectivity index (χ2v) is 7.22. The molecule has 20 heavy (non-hydrogen) atoms. The molecule has 1 aromatic rings. The van der Waals surface area contributed by atoms with E-state index in [0.717, 1.165) is 18.2 Å². The van der Waals surface area contributed by atoms with E-state index in [0.29, 0.717) is 17.3 Å². The molecule has 1 fully saturated rings. The van der Waals surface area contributed by atoms with E-state index in [4.69, 9.17) is 10.5 Å². The number of benzene rings is 1. The Balaban J connectivity index is 2.29. The molecular formula is C18H29NO. The summed E-state index contributed by atoms with van der Waals surface area (Å²) in [6.07, 6.45) is 3.77. The van der Waals surface area contributed by atoms with Gasteiger partial charge in [-0.05, 0) is 60.6 Å². The van der Waals surface area contributed by atoms with Crippen molar-refractivity contribution in [2.45, 2.75) is 46.0 Å². The molecule has 0 aliphatic heterocycles. The van der Waals surface area contributed by atoms with E-state index >= 15 is 0 Å². The van der Waals surface area contributed by atoms with Crippen LogP contribution in [0.1, 0.15) is 51.5 Å². The summed E-state index contributed by atoms with van der Waals surface area (Å²) in [4.78, 5) is 0. The summed E-state index contributed by atoms with van der Waals surface area (Å²) in [5.74, 6) is 2.91. The van der Waals surface area contributed by atoms with Gasteiger partial charge in [0, 0.05) is 0 Å². The zero-order valence-electron chi connectivity index (χ0n) is 13.4. The fourth-order valence-electron chi connectivity index (χ4n) is 3.66. The van der Waals surface area contributed by atoms with Crippen molar-refractivity contribution in [1.29, 1.82) is 0 Å². The Bertz CT molecular complexity index is 435. The van der Waals surface area contributed by atoms with Crippen LogP contribution in [0.15, 0.2) is 24.3 Å². The summed E-state index contributed by atoms with van der Waals surface area (Å²) >= 11 is 0. The first-order valence-corrected chi connectivity index (χ1v) is 7.80. The van der Waals surface area contributed by atoms with Crippen molar-refractivity contribution in [1.82, 2.24) is 0 Å². The van der Waals surface area contributed by atoms with Crippen LogP contribution in [0.3, 0.4) is 0 Å². The molecule has 0 aromatic heterocycles. The average Bonchev–Trinajstić information content (AvgIpc) is 2.45. The number of para-hydroxylation sites is 1. The van der Waals surface area contributed by atoms with Crippen LogP contribution in [0.5, 0.6) is 5.75 Å². The topological polar surface area (TPSA) is 35.2 Å². The van der Waals surface area contributed by atoms with Gasteiger partial charge < -0.3 is 10.5 Å². The van der Waals surface area contributed by atoms with Crippen LogP contribution in [0, 0.1) is 17.3 Å². The summed E-state index contributed by atoms with van der Waals surface area (Å²) in [6.45, 7) is 7.86. The van der Waals surface area contributed by atoms with Gasteiger partial charge in [0.15, 0.2) is 0 Å². The maximum Gasteiger partial charge on any atom is 0.122 e. The Morgan fingerprint density at radius 1 is 1.20 bits per heavy atom. The van der Waals surface area contributed by atoms with Crippen molar-refractivity contribution in [3.05, 3.63) is 29.8 Å². The highest BCUT2D eigenvalue weighted by atomic mass is 16.5. The van der Waals surface area contributed by atoms with E-state index in [1.165, 1.54) is 24.8 Å². The Morgan fingerprint density at radius 3 is 2.50 bits per heavy atom. The fourth-order valence-corrected chi connectivity index (χ4v) is 3.66. The fraction of sp³-hybridized carbons (Fsp3) is 0.667. The lowest BCUT2D eigenvalue weighted by atomic mass is 9.64. The minimum absolute atomic E-state index is 0.375. The normalized spacial score (nSPS) is 27.4. The second-order valence-electron chi connectivity index (χ2n) is 7.22. The lowest BCUT2D eigenvalue weighted by molar-refractivity contribution is 0.132. The predicted molar refractivity (Wildman–Crippen MR) is 85.1 cm³/mol. The number of hydrogen-bond acceptors (Lipinski definition) is 2. The molecule has 3 atom stereocenters. The molecule has 112 valence electrons. The highest BCUT2D eigenvalue weighted by Gasteiger charge is 2.36. The summed E-state index contributed by atoms with van der Waals surface area (Å²) in [7, 11) is 1.76. The van der Waals surface area contributed by atoms with Crippen molar-refractivity contribution in [3.63, 3.8) is 0 Å². The van der Waals surface area contributed by atoms with Gasteiger partial charge in [-0.1, -0.05) is 39.0 Å². The molecule has 2 rings (SSSR count). The lowest BCUT2D eigenvalue weighted by Crippen LogP contribution is -2.34. The zero-order valence-corrected chi connectivity index (χ0v) is 13.4. The van der Waals surface area contributed by atoms with Crippen LogP contribution < -0.4 is 10.5 Å². The Labute approximate surface area is 123 Å². The van der Waals surface area contributed by atoms with Gasteiger partial charge >= 0.3 is 0 Å². The quantitative estimate of drug-likeness (QED) is 0.897. The predicted octanol–water partition coefficient (Wildman–Crippen LogP) is 4.20. The van der Waals surface area contributed by atoms with Gasteiger partial charge in [-0.2, -0.15) is 0 Å². The van der Waals surface area contributed by atoms with Crippen molar-refractivity contribution < 1.29 is 4.74 Å². The van der Waals surface area contributed by atoms with Gasteiger partial charge in [-0.3, -0.25) is 0 Å². The summed E-state index contributed by atoms with van der Waals surface area (Å²) in [5.41, 5.74) is 7.76. The molecule has 0 saturated heterocycles. The van der Waals surface area contributed by atoms with Gasteiger partial charge in [-0.15, -0.1) is 0 Å². The van der Waals surface area contributed by atoms with Gasteiger partial charge in [0.1, 0.15) is 5.75 Å². The Hall–Kier alpha value is -1.02. The van der Waals surface area contributed by atoms with Gasteiger partial charge in [0.2, 0.25) is 0 Å². The smallest absolute Gasteiger partial charge is 0.122 e. The van der Waals surface area contributed by atoms with Crippen molar-refractivity contribution in [2.75, 3.05) is 13.7 Å². The molecule has 2 heteroatoms. The minimum Gasteiger partial charge on any atom is -0.496 e. The Morgan fingerprint density at radius 2 is 1.90 bits per heavy atom. The molecular weight excluding hydrogens is 246 g/mol. The van der Waals surface area contributed by atoms with E-state index in [-0.39, 0.29) is 0 Å². The molecule has 2 nitrogen and oxygen atoms in total. The van der Waals surface area contributed by atoms with Gasteiger partial charge in [0.05, 0.1) is 7.11 Å². The largest absolute Gasteiger partial charge is 0.496 e. The molecule has 0 radical (unpaired) electrons. The molecule has 1 aliphatic carbocycles. The van der Waals surface area contributed by atoms with Crippen molar-refractivity contribution >= 4 is 0 Å². The first-order valence-electron chi connectivity index (χ1n) is 7.80. The lowest BCUT2D eigenvalue weighted by Gasteiger charge is -2.42. The molecule has 1 aliphatic rings. The number of methoxy groups -OCH3 is 1. The molecule has 0 amide bonds. The van der Waals surface area contributed by atoms with E-state index in [1.54, 1.807) is 7.11 Å². The molecule has 0 heterocycles. The number of ether oxygens (including phenoxy) is 1. The van der Waals surface area contributed by atoms with Crippen LogP contribution in [-0.4, -0.2) is 13.7 Å². The van der Waals surface area contributed by atoms with Crippen LogP contribution in [0.25, 0.3) is 0 Å². The molecule has 3 unspecified atom stereocenters. The zero-order chi connectivity index (χ0) is 14.8. The number of hydrogen-bond donors (Lipinski definition) is 1. The molecule has 0 spiro atoms. The first kappa shape index (κ1) is 15.4. The third kappa shape index (κ3) is 3.17. The minimum atomic E-state index is 0.375. The van der Waals surface area contributed by atoms with E-state index in [1.807, 2.05) is 6.07 Å². The van der Waals surface area contributed by atoms with E-state index in [2.05, 4.69) is 39.0 Å². The maximum atomic E-state index is 6.04. The standard InChI is InChI=1S/C18H29NO/c1-18(2,3)14-10-9-13(12-19)16(11-14)15-7-5-6-8-17(15)20-4/h5-8,13-14,16H,9-12,19H2,1-4H3. The molecule has 2 N–H and O–H groups in total. The van der Waals surface area contributed by atoms with Crippen LogP contribution >= 0.6 is 0 Å². The van der Waals surface area contributed by atoms with Gasteiger partial charge in [-0.25, -0.2) is 0 Å². The van der Waals surface area contributed by atoms with Crippen molar-refractivity contribution in [2.24, 2.45) is 23.0 Å². The van der Waals surface area contributed by atoms with Gasteiger partial charge in [0.25, 0.3) is 0 Å². The SMILES string of the molecule is COc1ccccc1C1CC(C(C)(C)C)CCC1CN. The molecule has 1 aromatic carbocycles. The van der Waals surface area contributed by atoms with Crippen LogP contribution in [0.2, 0.25) is 0 Å². The molecule has 1 saturated carbocycles. The third-order valence-electron chi connectivity index (χ3n) is 5.06. The van der Waals surface area contributed by atoms with E-state index in [9.17, 15) is 0 Å². The summed E-state index contributed by atoms with van der Waals surface area (Å²) < 4.78 is 5.57. The molecule has 0 bridgehead atoms. The summed E-state index contributed by atoms with van der Waals surface area (Å²) in [5, 5.41) is 0. The third-order valence-corrected chi connectivity index (χ3v) is 5.06. The Kier molecular flexibility index (Phi) is 4.74.